The number of benzene rings is 2. The van der Waals surface area contributed by atoms with Gasteiger partial charge in [0.05, 0.1) is 0 Å². The zero-order valence-corrected chi connectivity index (χ0v) is 17.7. The van der Waals surface area contributed by atoms with E-state index in [0.29, 0.717) is 31.1 Å². The van der Waals surface area contributed by atoms with Crippen LogP contribution in [0, 0.1) is 12.8 Å². The van der Waals surface area contributed by atoms with Crippen LogP contribution in [0.15, 0.2) is 54.6 Å². The molecule has 2 aromatic rings. The smallest absolute Gasteiger partial charge is 0.314 e. The van der Waals surface area contributed by atoms with Gasteiger partial charge < -0.3 is 20.9 Å². The van der Waals surface area contributed by atoms with Crippen LogP contribution in [0.3, 0.4) is 0 Å². The number of likely N-dealkylation sites (tertiary alicyclic amines) is 1. The van der Waals surface area contributed by atoms with E-state index in [9.17, 15) is 9.59 Å². The van der Waals surface area contributed by atoms with E-state index in [2.05, 4.69) is 45.1 Å². The van der Waals surface area contributed by atoms with Crippen LogP contribution in [-0.4, -0.2) is 56.1 Å². The van der Waals surface area contributed by atoms with Crippen molar-refractivity contribution in [2.75, 3.05) is 39.3 Å². The van der Waals surface area contributed by atoms with Gasteiger partial charge in [0.15, 0.2) is 0 Å². The summed E-state index contributed by atoms with van der Waals surface area (Å²) in [5.41, 5.74) is 3.11. The SMILES string of the molecule is Cc1ccc(C(=O)NCCNC(=O)NCC2CCN(CCc3ccccc3)C2)cc1. The third-order valence-electron chi connectivity index (χ3n) is 5.49. The molecule has 0 radical (unpaired) electrons. The van der Waals surface area contributed by atoms with Crippen LogP contribution in [0.4, 0.5) is 4.79 Å². The predicted molar refractivity (Wildman–Crippen MR) is 120 cm³/mol. The lowest BCUT2D eigenvalue weighted by molar-refractivity contribution is 0.0954. The molecule has 3 amide bonds. The molecule has 30 heavy (non-hydrogen) atoms. The number of aryl methyl sites for hydroxylation is 1. The van der Waals surface area contributed by atoms with Crippen LogP contribution in [-0.2, 0) is 6.42 Å². The number of nitrogens with zero attached hydrogens (tertiary/aromatic N) is 1. The van der Waals surface area contributed by atoms with Gasteiger partial charge in [-0.15, -0.1) is 0 Å². The minimum absolute atomic E-state index is 0.126. The van der Waals surface area contributed by atoms with Gasteiger partial charge in [-0.2, -0.15) is 0 Å². The molecule has 6 nitrogen and oxygen atoms in total. The molecule has 1 fully saturated rings. The highest BCUT2D eigenvalue weighted by Gasteiger charge is 2.22. The minimum Gasteiger partial charge on any atom is -0.350 e. The fourth-order valence-corrected chi connectivity index (χ4v) is 3.67. The van der Waals surface area contributed by atoms with Gasteiger partial charge in [0.1, 0.15) is 0 Å². The van der Waals surface area contributed by atoms with Crippen molar-refractivity contribution in [3.05, 3.63) is 71.3 Å². The van der Waals surface area contributed by atoms with E-state index in [-0.39, 0.29) is 11.9 Å². The number of nitrogens with one attached hydrogen (secondary N) is 3. The summed E-state index contributed by atoms with van der Waals surface area (Å²) in [6.07, 6.45) is 2.18. The van der Waals surface area contributed by atoms with Gasteiger partial charge in [-0.3, -0.25) is 4.79 Å². The second kappa shape index (κ2) is 11.4. The minimum atomic E-state index is -0.178. The number of rotatable bonds is 9. The normalized spacial score (nSPS) is 16.2. The fraction of sp³-hybridized carbons (Fsp3) is 0.417. The van der Waals surface area contributed by atoms with Crippen LogP contribution in [0.2, 0.25) is 0 Å². The molecule has 1 aliphatic heterocycles. The Hall–Kier alpha value is -2.86. The highest BCUT2D eigenvalue weighted by molar-refractivity contribution is 5.94. The number of carbonyl (C=O) groups is 2. The molecule has 0 bridgehead atoms. The number of hydrogen-bond acceptors (Lipinski definition) is 3. The maximum Gasteiger partial charge on any atom is 0.314 e. The van der Waals surface area contributed by atoms with Crippen molar-refractivity contribution in [2.24, 2.45) is 5.92 Å². The standard InChI is InChI=1S/C24H32N4O2/c1-19-7-9-22(10-8-19)23(29)25-13-14-26-24(30)27-17-21-12-16-28(18-21)15-11-20-5-3-2-4-6-20/h2-10,21H,11-18H2,1H3,(H,25,29)(H2,26,27,30). The first-order valence-corrected chi connectivity index (χ1v) is 10.7. The molecule has 160 valence electrons. The molecule has 3 N–H and O–H groups in total. The van der Waals surface area contributed by atoms with Crippen molar-refractivity contribution in [3.63, 3.8) is 0 Å². The summed E-state index contributed by atoms with van der Waals surface area (Å²) in [4.78, 5) is 26.5. The van der Waals surface area contributed by atoms with Crippen LogP contribution >= 0.6 is 0 Å². The van der Waals surface area contributed by atoms with Gasteiger partial charge in [0.2, 0.25) is 0 Å². The van der Waals surface area contributed by atoms with E-state index in [4.69, 9.17) is 0 Å². The maximum atomic E-state index is 12.0. The molecule has 0 spiro atoms. The summed E-state index contributed by atoms with van der Waals surface area (Å²) in [6, 6.07) is 17.8. The number of urea groups is 1. The van der Waals surface area contributed by atoms with Crippen LogP contribution < -0.4 is 16.0 Å². The summed E-state index contributed by atoms with van der Waals surface area (Å²) >= 11 is 0. The molecule has 2 aromatic carbocycles. The molecule has 1 unspecified atom stereocenters. The molecule has 3 rings (SSSR count). The second-order valence-electron chi connectivity index (χ2n) is 7.95. The average Bonchev–Trinajstić information content (AvgIpc) is 3.23. The van der Waals surface area contributed by atoms with Crippen molar-refractivity contribution in [1.29, 1.82) is 0 Å². The Morgan fingerprint density at radius 3 is 2.47 bits per heavy atom. The zero-order chi connectivity index (χ0) is 21.2. The third kappa shape index (κ3) is 7.19. The predicted octanol–water partition coefficient (Wildman–Crippen LogP) is 2.59. The highest BCUT2D eigenvalue weighted by atomic mass is 16.2. The first-order chi connectivity index (χ1) is 14.6. The van der Waals surface area contributed by atoms with Crippen molar-refractivity contribution in [2.45, 2.75) is 19.8 Å². The van der Waals surface area contributed by atoms with E-state index in [1.54, 1.807) is 12.1 Å². The Labute approximate surface area is 179 Å². The van der Waals surface area contributed by atoms with Crippen molar-refractivity contribution >= 4 is 11.9 Å². The van der Waals surface area contributed by atoms with Gasteiger partial charge in [-0.05, 0) is 49.9 Å². The largest absolute Gasteiger partial charge is 0.350 e. The zero-order valence-electron chi connectivity index (χ0n) is 17.7. The summed E-state index contributed by atoms with van der Waals surface area (Å²) in [5, 5.41) is 8.57. The van der Waals surface area contributed by atoms with Crippen molar-refractivity contribution in [3.8, 4) is 0 Å². The Bertz CT molecular complexity index is 808. The molecule has 0 saturated carbocycles. The van der Waals surface area contributed by atoms with Gasteiger partial charge >= 0.3 is 6.03 Å². The van der Waals surface area contributed by atoms with Crippen LogP contribution in [0.25, 0.3) is 0 Å². The molecule has 1 heterocycles. The monoisotopic (exact) mass is 408 g/mol. The highest BCUT2D eigenvalue weighted by Crippen LogP contribution is 2.15. The molecule has 1 saturated heterocycles. The quantitative estimate of drug-likeness (QED) is 0.559. The first-order valence-electron chi connectivity index (χ1n) is 10.7. The Balaban J connectivity index is 1.24. The average molecular weight is 409 g/mol. The topological polar surface area (TPSA) is 73.5 Å². The molecule has 0 aliphatic carbocycles. The fourth-order valence-electron chi connectivity index (χ4n) is 3.67. The molecular formula is C24H32N4O2. The van der Waals surface area contributed by atoms with E-state index in [0.717, 1.165) is 38.0 Å². The summed E-state index contributed by atoms with van der Waals surface area (Å²) in [6.45, 7) is 6.65. The van der Waals surface area contributed by atoms with E-state index in [1.807, 2.05) is 25.1 Å². The van der Waals surface area contributed by atoms with Gasteiger partial charge in [0, 0.05) is 38.3 Å². The molecular weight excluding hydrogens is 376 g/mol. The van der Waals surface area contributed by atoms with Crippen LogP contribution in [0.1, 0.15) is 27.9 Å². The summed E-state index contributed by atoms with van der Waals surface area (Å²) in [7, 11) is 0. The van der Waals surface area contributed by atoms with E-state index >= 15 is 0 Å². The van der Waals surface area contributed by atoms with E-state index < -0.39 is 0 Å². The van der Waals surface area contributed by atoms with Gasteiger partial charge in [0.25, 0.3) is 5.91 Å². The number of carbonyl (C=O) groups excluding carboxylic acids is 2. The molecule has 1 aliphatic rings. The van der Waals surface area contributed by atoms with Crippen LogP contribution in [0.5, 0.6) is 0 Å². The lowest BCUT2D eigenvalue weighted by atomic mass is 10.1. The molecule has 0 aromatic heterocycles. The number of amides is 3. The van der Waals surface area contributed by atoms with E-state index in [1.165, 1.54) is 5.56 Å². The lowest BCUT2D eigenvalue weighted by Gasteiger charge is -2.16. The molecule has 1 atom stereocenters. The molecule has 6 heteroatoms. The summed E-state index contributed by atoms with van der Waals surface area (Å²) in [5.74, 6) is 0.367. The van der Waals surface area contributed by atoms with Gasteiger partial charge in [-0.25, -0.2) is 4.79 Å². The number of hydrogen-bond donors (Lipinski definition) is 3. The Kier molecular flexibility index (Phi) is 8.27. The Morgan fingerprint density at radius 2 is 1.70 bits per heavy atom. The van der Waals surface area contributed by atoms with Gasteiger partial charge in [-0.1, -0.05) is 48.0 Å². The first kappa shape index (κ1) is 21.8. The lowest BCUT2D eigenvalue weighted by Crippen LogP contribution is -2.42. The van der Waals surface area contributed by atoms with Crippen molar-refractivity contribution < 1.29 is 9.59 Å². The third-order valence-corrected chi connectivity index (χ3v) is 5.49. The Morgan fingerprint density at radius 1 is 0.967 bits per heavy atom. The summed E-state index contributed by atoms with van der Waals surface area (Å²) < 4.78 is 0. The second-order valence-corrected chi connectivity index (χ2v) is 7.95. The van der Waals surface area contributed by atoms with Crippen molar-refractivity contribution in [1.82, 2.24) is 20.9 Å². The maximum absolute atomic E-state index is 12.0.